The van der Waals surface area contributed by atoms with Crippen LogP contribution in [0.2, 0.25) is 0 Å². The minimum Gasteiger partial charge on any atom is -0.368 e. The Morgan fingerprint density at radius 2 is 2.38 bits per heavy atom. The second-order valence-corrected chi connectivity index (χ2v) is 3.24. The van der Waals surface area contributed by atoms with E-state index in [1.807, 2.05) is 0 Å². The van der Waals surface area contributed by atoms with Crippen LogP contribution in [0.3, 0.4) is 0 Å². The molecule has 0 radical (unpaired) electrons. The molecule has 6 nitrogen and oxygen atoms in total. The van der Waals surface area contributed by atoms with E-state index in [0.29, 0.717) is 6.54 Å². The molecule has 0 atom stereocenters. The number of nitrogen functional groups attached to an aromatic ring is 1. The van der Waals surface area contributed by atoms with Crippen molar-refractivity contribution in [2.45, 2.75) is 6.42 Å². The molecular weight excluding hydrogens is 213 g/mol. The van der Waals surface area contributed by atoms with Crippen LogP contribution in [0, 0.1) is 5.82 Å². The lowest BCUT2D eigenvalue weighted by molar-refractivity contribution is -0.120. The normalized spacial score (nSPS) is 9.94. The average Bonchev–Trinajstić information content (AvgIpc) is 2.28. The summed E-state index contributed by atoms with van der Waals surface area (Å²) in [5.74, 6) is -0.581. The topological polar surface area (TPSA) is 84.1 Å². The number of anilines is 2. The maximum absolute atomic E-state index is 13.3. The van der Waals surface area contributed by atoms with Crippen molar-refractivity contribution in [2.24, 2.45) is 0 Å². The second-order valence-electron chi connectivity index (χ2n) is 3.24. The number of rotatable bonds is 4. The highest BCUT2D eigenvalue weighted by molar-refractivity contribution is 5.76. The molecule has 0 saturated heterocycles. The van der Waals surface area contributed by atoms with Crippen molar-refractivity contribution >= 4 is 17.7 Å². The first kappa shape index (κ1) is 12.2. The van der Waals surface area contributed by atoms with Gasteiger partial charge in [-0.2, -0.15) is 4.98 Å². The molecular formula is C9H14FN5O. The monoisotopic (exact) mass is 227 g/mol. The third kappa shape index (κ3) is 3.04. The highest BCUT2D eigenvalue weighted by atomic mass is 19.1. The van der Waals surface area contributed by atoms with E-state index < -0.39 is 5.82 Å². The first-order chi connectivity index (χ1) is 7.54. The minimum atomic E-state index is -0.561. The Bertz CT molecular complexity index is 384. The van der Waals surface area contributed by atoms with Crippen LogP contribution in [0.25, 0.3) is 0 Å². The number of nitrogens with zero attached hydrogens (tertiary/aromatic N) is 3. The maximum atomic E-state index is 13.3. The van der Waals surface area contributed by atoms with Crippen molar-refractivity contribution in [2.75, 3.05) is 31.3 Å². The van der Waals surface area contributed by atoms with Crippen molar-refractivity contribution < 1.29 is 9.18 Å². The van der Waals surface area contributed by atoms with Gasteiger partial charge in [-0.3, -0.25) is 4.79 Å². The summed E-state index contributed by atoms with van der Waals surface area (Å²) in [5.41, 5.74) is 5.35. The summed E-state index contributed by atoms with van der Waals surface area (Å²) < 4.78 is 13.3. The van der Waals surface area contributed by atoms with E-state index >= 15 is 0 Å². The van der Waals surface area contributed by atoms with Crippen LogP contribution in [0.15, 0.2) is 6.20 Å². The van der Waals surface area contributed by atoms with E-state index in [1.54, 1.807) is 14.1 Å². The molecule has 1 heterocycles. The molecule has 16 heavy (non-hydrogen) atoms. The van der Waals surface area contributed by atoms with Gasteiger partial charge in [-0.15, -0.1) is 0 Å². The van der Waals surface area contributed by atoms with Gasteiger partial charge in [0, 0.05) is 27.1 Å². The number of amides is 1. The molecule has 1 aromatic rings. The fraction of sp³-hybridized carbons (Fsp3) is 0.444. The molecule has 0 bridgehead atoms. The summed E-state index contributed by atoms with van der Waals surface area (Å²) in [6.45, 7) is 0.354. The number of hydrogen-bond donors (Lipinski definition) is 2. The van der Waals surface area contributed by atoms with Crippen LogP contribution >= 0.6 is 0 Å². The standard InChI is InChI=1S/C9H14FN5O/c1-12-7(16)3-4-15(2)8-6(10)5-13-9(11)14-8/h5H,3-4H2,1-2H3,(H,12,16)(H2,11,13,14). The zero-order chi connectivity index (χ0) is 12.1. The highest BCUT2D eigenvalue weighted by Gasteiger charge is 2.11. The Kier molecular flexibility index (Phi) is 3.98. The first-order valence-corrected chi connectivity index (χ1v) is 4.74. The summed E-state index contributed by atoms with van der Waals surface area (Å²) >= 11 is 0. The predicted octanol–water partition coefficient (Wildman–Crippen LogP) is -0.230. The van der Waals surface area contributed by atoms with Gasteiger partial charge in [0.2, 0.25) is 11.9 Å². The van der Waals surface area contributed by atoms with Crippen LogP contribution in [-0.4, -0.2) is 36.5 Å². The number of carbonyl (C=O) groups is 1. The number of hydrogen-bond acceptors (Lipinski definition) is 5. The zero-order valence-corrected chi connectivity index (χ0v) is 9.20. The molecule has 88 valence electrons. The van der Waals surface area contributed by atoms with E-state index in [4.69, 9.17) is 5.73 Å². The van der Waals surface area contributed by atoms with E-state index in [9.17, 15) is 9.18 Å². The fourth-order valence-corrected chi connectivity index (χ4v) is 1.14. The number of halogens is 1. The number of aromatic nitrogens is 2. The van der Waals surface area contributed by atoms with Gasteiger partial charge in [-0.05, 0) is 0 Å². The van der Waals surface area contributed by atoms with Gasteiger partial charge >= 0.3 is 0 Å². The van der Waals surface area contributed by atoms with Crippen molar-refractivity contribution in [3.05, 3.63) is 12.0 Å². The van der Waals surface area contributed by atoms with Gasteiger partial charge in [0.05, 0.1) is 6.20 Å². The average molecular weight is 227 g/mol. The van der Waals surface area contributed by atoms with Gasteiger partial charge < -0.3 is 16.0 Å². The summed E-state index contributed by atoms with van der Waals surface area (Å²) in [5, 5.41) is 2.48. The van der Waals surface area contributed by atoms with E-state index in [0.717, 1.165) is 6.20 Å². The zero-order valence-electron chi connectivity index (χ0n) is 9.20. The Hall–Kier alpha value is -1.92. The SMILES string of the molecule is CNC(=O)CCN(C)c1nc(N)ncc1F. The third-order valence-corrected chi connectivity index (χ3v) is 2.06. The molecule has 3 N–H and O–H groups in total. The fourth-order valence-electron chi connectivity index (χ4n) is 1.14. The predicted molar refractivity (Wildman–Crippen MR) is 58.4 cm³/mol. The molecule has 0 aromatic carbocycles. The molecule has 1 rings (SSSR count). The molecule has 0 aliphatic heterocycles. The van der Waals surface area contributed by atoms with Crippen LogP contribution < -0.4 is 16.0 Å². The molecule has 0 spiro atoms. The Balaban J connectivity index is 2.68. The molecule has 7 heteroatoms. The summed E-state index contributed by atoms with van der Waals surface area (Å²) in [7, 11) is 3.18. The van der Waals surface area contributed by atoms with Gasteiger partial charge in [-0.25, -0.2) is 9.37 Å². The van der Waals surface area contributed by atoms with E-state index in [1.165, 1.54) is 4.90 Å². The molecule has 0 aliphatic carbocycles. The lowest BCUT2D eigenvalue weighted by Gasteiger charge is -2.17. The van der Waals surface area contributed by atoms with Crippen LogP contribution in [0.5, 0.6) is 0 Å². The molecule has 0 aliphatic rings. The highest BCUT2D eigenvalue weighted by Crippen LogP contribution is 2.14. The number of carbonyl (C=O) groups excluding carboxylic acids is 1. The molecule has 1 aromatic heterocycles. The van der Waals surface area contributed by atoms with Gasteiger partial charge in [0.25, 0.3) is 0 Å². The summed E-state index contributed by atoms with van der Waals surface area (Å²) in [6, 6.07) is 0. The second kappa shape index (κ2) is 5.24. The lowest BCUT2D eigenvalue weighted by Crippen LogP contribution is -2.27. The van der Waals surface area contributed by atoms with Crippen molar-refractivity contribution in [1.29, 1.82) is 0 Å². The van der Waals surface area contributed by atoms with E-state index in [-0.39, 0.29) is 24.1 Å². The van der Waals surface area contributed by atoms with Crippen molar-refractivity contribution in [3.8, 4) is 0 Å². The number of nitrogens with one attached hydrogen (secondary N) is 1. The Morgan fingerprint density at radius 1 is 1.69 bits per heavy atom. The summed E-state index contributed by atoms with van der Waals surface area (Å²) in [4.78, 5) is 19.8. The molecule has 0 saturated carbocycles. The van der Waals surface area contributed by atoms with Crippen LogP contribution in [0.4, 0.5) is 16.2 Å². The molecule has 0 unspecified atom stereocenters. The van der Waals surface area contributed by atoms with E-state index in [2.05, 4.69) is 15.3 Å². The molecule has 1 amide bonds. The molecule has 0 fully saturated rings. The quantitative estimate of drug-likeness (QED) is 0.742. The van der Waals surface area contributed by atoms with Crippen molar-refractivity contribution in [1.82, 2.24) is 15.3 Å². The van der Waals surface area contributed by atoms with Crippen LogP contribution in [-0.2, 0) is 4.79 Å². The van der Waals surface area contributed by atoms with Crippen molar-refractivity contribution in [3.63, 3.8) is 0 Å². The van der Waals surface area contributed by atoms with Gasteiger partial charge in [-0.1, -0.05) is 0 Å². The van der Waals surface area contributed by atoms with Gasteiger partial charge in [0.15, 0.2) is 11.6 Å². The Morgan fingerprint density at radius 3 is 3.00 bits per heavy atom. The summed E-state index contributed by atoms with van der Waals surface area (Å²) in [6.07, 6.45) is 1.27. The van der Waals surface area contributed by atoms with Crippen LogP contribution in [0.1, 0.15) is 6.42 Å². The smallest absolute Gasteiger partial charge is 0.222 e. The largest absolute Gasteiger partial charge is 0.368 e. The van der Waals surface area contributed by atoms with Gasteiger partial charge in [0.1, 0.15) is 0 Å². The Labute approximate surface area is 92.7 Å². The third-order valence-electron chi connectivity index (χ3n) is 2.06. The lowest BCUT2D eigenvalue weighted by atomic mass is 10.3. The minimum absolute atomic E-state index is 0.00296. The number of nitrogens with two attached hydrogens (primary N) is 1. The first-order valence-electron chi connectivity index (χ1n) is 4.74. The maximum Gasteiger partial charge on any atom is 0.222 e.